The average molecular weight is 488 g/mol. The molecule has 0 spiro atoms. The summed E-state index contributed by atoms with van der Waals surface area (Å²) in [7, 11) is 1.32. The summed E-state index contributed by atoms with van der Waals surface area (Å²) in [5.74, 6) is -1.60. The van der Waals surface area contributed by atoms with E-state index < -0.39 is 23.8 Å². The largest absolute Gasteiger partial charge is 0.492 e. The quantitative estimate of drug-likeness (QED) is 0.321. The highest BCUT2D eigenvalue weighted by Gasteiger charge is 2.38. The Kier molecular flexibility index (Phi) is 6.73. The molecule has 184 valence electrons. The van der Waals surface area contributed by atoms with E-state index in [2.05, 4.69) is 5.32 Å². The normalized spacial score (nSPS) is 14.7. The lowest BCUT2D eigenvalue weighted by molar-refractivity contribution is -0.122. The molecule has 1 N–H and O–H groups in total. The van der Waals surface area contributed by atoms with Crippen LogP contribution < -0.4 is 15.0 Å². The number of benzene rings is 2. The van der Waals surface area contributed by atoms with Gasteiger partial charge in [-0.3, -0.25) is 14.9 Å². The van der Waals surface area contributed by atoms with Crippen LogP contribution in [0.15, 0.2) is 60.2 Å². The van der Waals surface area contributed by atoms with E-state index in [1.807, 2.05) is 24.5 Å². The summed E-state index contributed by atoms with van der Waals surface area (Å²) < 4.78 is 12.3. The number of carbonyl (C=O) groups is 4. The zero-order valence-corrected chi connectivity index (χ0v) is 20.3. The van der Waals surface area contributed by atoms with Gasteiger partial charge in [0.2, 0.25) is 0 Å². The number of hydrogen-bond donors (Lipinski definition) is 1. The standard InChI is InChI=1S/C27H25N3O6/c1-5-36-23-9-7-6-8-22(23)30-25(32)21(24(31)28-27(30)34)15-19-14-16(2)29(17(19)3)20-12-10-18(11-13-20)26(33)35-4/h6-15H,5H2,1-4H3,(H,28,31,34)/b21-15+. The molecule has 3 aromatic rings. The lowest BCUT2D eigenvalue weighted by Crippen LogP contribution is -2.54. The number of para-hydroxylation sites is 2. The van der Waals surface area contributed by atoms with Gasteiger partial charge < -0.3 is 14.0 Å². The third kappa shape index (κ3) is 4.38. The zero-order chi connectivity index (χ0) is 26.0. The summed E-state index contributed by atoms with van der Waals surface area (Å²) in [6.07, 6.45) is 1.47. The first-order chi connectivity index (χ1) is 17.3. The molecule has 0 aliphatic carbocycles. The van der Waals surface area contributed by atoms with Crippen molar-refractivity contribution >= 4 is 35.6 Å². The van der Waals surface area contributed by atoms with Gasteiger partial charge in [-0.05, 0) is 74.9 Å². The van der Waals surface area contributed by atoms with Crippen LogP contribution in [-0.4, -0.2) is 42.1 Å². The van der Waals surface area contributed by atoms with Crippen LogP contribution in [0.2, 0.25) is 0 Å². The molecule has 1 aliphatic heterocycles. The Morgan fingerprint density at radius 3 is 2.39 bits per heavy atom. The van der Waals surface area contributed by atoms with E-state index in [-0.39, 0.29) is 11.3 Å². The van der Waals surface area contributed by atoms with Crippen molar-refractivity contribution in [2.75, 3.05) is 18.6 Å². The van der Waals surface area contributed by atoms with Crippen LogP contribution in [0.5, 0.6) is 5.75 Å². The van der Waals surface area contributed by atoms with E-state index >= 15 is 0 Å². The molecule has 2 aromatic carbocycles. The number of esters is 1. The molecule has 0 saturated carbocycles. The molecule has 2 heterocycles. The minimum Gasteiger partial charge on any atom is -0.492 e. The van der Waals surface area contributed by atoms with Crippen molar-refractivity contribution in [1.29, 1.82) is 0 Å². The van der Waals surface area contributed by atoms with E-state index in [9.17, 15) is 19.2 Å². The van der Waals surface area contributed by atoms with Crippen LogP contribution >= 0.6 is 0 Å². The summed E-state index contributed by atoms with van der Waals surface area (Å²) >= 11 is 0. The number of urea groups is 1. The van der Waals surface area contributed by atoms with Crippen molar-refractivity contribution in [2.24, 2.45) is 0 Å². The van der Waals surface area contributed by atoms with Crippen molar-refractivity contribution in [3.8, 4) is 11.4 Å². The van der Waals surface area contributed by atoms with Crippen molar-refractivity contribution in [1.82, 2.24) is 9.88 Å². The van der Waals surface area contributed by atoms with E-state index in [0.29, 0.717) is 23.5 Å². The van der Waals surface area contributed by atoms with Gasteiger partial charge >= 0.3 is 12.0 Å². The van der Waals surface area contributed by atoms with Crippen LogP contribution in [0.25, 0.3) is 11.8 Å². The van der Waals surface area contributed by atoms with E-state index in [0.717, 1.165) is 22.0 Å². The number of aromatic nitrogens is 1. The zero-order valence-electron chi connectivity index (χ0n) is 20.3. The maximum atomic E-state index is 13.4. The van der Waals surface area contributed by atoms with Gasteiger partial charge in [0.1, 0.15) is 11.3 Å². The predicted molar refractivity (Wildman–Crippen MR) is 133 cm³/mol. The summed E-state index contributed by atoms with van der Waals surface area (Å²) in [6, 6.07) is 14.5. The first-order valence-corrected chi connectivity index (χ1v) is 11.3. The number of methoxy groups -OCH3 is 1. The van der Waals surface area contributed by atoms with Gasteiger partial charge in [-0.2, -0.15) is 0 Å². The molecule has 9 nitrogen and oxygen atoms in total. The van der Waals surface area contributed by atoms with Gasteiger partial charge in [0, 0.05) is 17.1 Å². The number of imide groups is 2. The highest BCUT2D eigenvalue weighted by atomic mass is 16.5. The Morgan fingerprint density at radius 2 is 1.72 bits per heavy atom. The first-order valence-electron chi connectivity index (χ1n) is 11.3. The van der Waals surface area contributed by atoms with Crippen molar-refractivity contribution < 1.29 is 28.7 Å². The smallest absolute Gasteiger partial charge is 0.337 e. The van der Waals surface area contributed by atoms with Crippen LogP contribution in [0.1, 0.15) is 34.2 Å². The van der Waals surface area contributed by atoms with Crippen LogP contribution in [-0.2, 0) is 14.3 Å². The van der Waals surface area contributed by atoms with Gasteiger partial charge in [-0.1, -0.05) is 12.1 Å². The maximum absolute atomic E-state index is 13.4. The highest BCUT2D eigenvalue weighted by Crippen LogP contribution is 2.32. The topological polar surface area (TPSA) is 107 Å². The van der Waals surface area contributed by atoms with Gasteiger partial charge in [0.25, 0.3) is 11.8 Å². The lowest BCUT2D eigenvalue weighted by Gasteiger charge is -2.27. The molecule has 1 aliphatic rings. The van der Waals surface area contributed by atoms with Gasteiger partial charge in [0.15, 0.2) is 0 Å². The molecule has 36 heavy (non-hydrogen) atoms. The molecule has 1 aromatic heterocycles. The minimum absolute atomic E-state index is 0.179. The molecule has 0 atom stereocenters. The van der Waals surface area contributed by atoms with Crippen molar-refractivity contribution in [2.45, 2.75) is 20.8 Å². The number of aryl methyl sites for hydroxylation is 1. The Labute approximate surface area is 207 Å². The minimum atomic E-state index is -0.842. The lowest BCUT2D eigenvalue weighted by atomic mass is 10.1. The molecule has 1 fully saturated rings. The van der Waals surface area contributed by atoms with Crippen LogP contribution in [0, 0.1) is 13.8 Å². The van der Waals surface area contributed by atoms with Crippen molar-refractivity contribution in [3.63, 3.8) is 0 Å². The number of amides is 4. The second-order valence-electron chi connectivity index (χ2n) is 8.06. The fraction of sp³-hybridized carbons (Fsp3) is 0.185. The number of nitrogens with one attached hydrogen (secondary N) is 1. The van der Waals surface area contributed by atoms with Crippen molar-refractivity contribution in [3.05, 3.63) is 82.7 Å². The molecule has 4 rings (SSSR count). The summed E-state index contributed by atoms with van der Waals surface area (Å²) in [5, 5.41) is 2.25. The van der Waals surface area contributed by atoms with Gasteiger partial charge in [0.05, 0.1) is 25.0 Å². The predicted octanol–water partition coefficient (Wildman–Crippen LogP) is 3.95. The van der Waals surface area contributed by atoms with Gasteiger partial charge in [-0.25, -0.2) is 14.5 Å². The number of carbonyl (C=O) groups excluding carboxylic acids is 4. The fourth-order valence-corrected chi connectivity index (χ4v) is 4.15. The molecule has 9 heteroatoms. The monoisotopic (exact) mass is 487 g/mol. The Morgan fingerprint density at radius 1 is 1.03 bits per heavy atom. The molecule has 0 bridgehead atoms. The maximum Gasteiger partial charge on any atom is 0.337 e. The SMILES string of the molecule is CCOc1ccccc1N1C(=O)NC(=O)/C(=C\c2cc(C)n(-c3ccc(C(=O)OC)cc3)c2C)C1=O. The van der Waals surface area contributed by atoms with E-state index in [4.69, 9.17) is 9.47 Å². The number of nitrogens with zero attached hydrogens (tertiary/aromatic N) is 2. The fourth-order valence-electron chi connectivity index (χ4n) is 4.15. The van der Waals surface area contributed by atoms with Crippen LogP contribution in [0.4, 0.5) is 10.5 Å². The average Bonchev–Trinajstić information content (AvgIpc) is 3.15. The number of barbiturate groups is 1. The summed E-state index contributed by atoms with van der Waals surface area (Å²) in [5.41, 5.74) is 3.54. The Bertz CT molecular complexity index is 1400. The number of anilines is 1. The number of ether oxygens (including phenoxy) is 2. The molecular weight excluding hydrogens is 462 g/mol. The number of rotatable bonds is 6. The second-order valence-corrected chi connectivity index (χ2v) is 8.06. The first kappa shape index (κ1) is 24.5. The Balaban J connectivity index is 1.73. The summed E-state index contributed by atoms with van der Waals surface area (Å²) in [4.78, 5) is 51.3. The number of hydrogen-bond acceptors (Lipinski definition) is 6. The molecule has 0 unspecified atom stereocenters. The molecule has 4 amide bonds. The third-order valence-electron chi connectivity index (χ3n) is 5.82. The molecular formula is C27H25N3O6. The van der Waals surface area contributed by atoms with Gasteiger partial charge in [-0.15, -0.1) is 0 Å². The second kappa shape index (κ2) is 9.91. The molecule has 0 radical (unpaired) electrons. The molecule has 1 saturated heterocycles. The highest BCUT2D eigenvalue weighted by molar-refractivity contribution is 6.39. The van der Waals surface area contributed by atoms with E-state index in [1.165, 1.54) is 13.2 Å². The third-order valence-corrected chi connectivity index (χ3v) is 5.82. The summed E-state index contributed by atoms with van der Waals surface area (Å²) in [6.45, 7) is 5.88. The van der Waals surface area contributed by atoms with E-state index in [1.54, 1.807) is 55.5 Å². The van der Waals surface area contributed by atoms with Crippen LogP contribution in [0.3, 0.4) is 0 Å². The Hall–Kier alpha value is -4.66.